The number of hydrogen-bond donors (Lipinski definition) is 2. The normalized spacial score (nSPS) is 15.7. The SMILES string of the molecule is Cn1c(=O)[nH]c2ccc(C3=NC(Cc4ccccc4F)C(=O)Nc4c(F)cc(Cl)cc43)cc21. The molecule has 33 heavy (non-hydrogen) atoms. The van der Waals surface area contributed by atoms with Gasteiger partial charge in [-0.1, -0.05) is 35.9 Å². The number of carbonyl (C=O) groups excluding carboxylic acids is 1. The first-order valence-corrected chi connectivity index (χ1v) is 10.5. The van der Waals surface area contributed by atoms with Gasteiger partial charge in [-0.05, 0) is 35.9 Å². The van der Waals surface area contributed by atoms with Crippen LogP contribution in [0.5, 0.6) is 0 Å². The van der Waals surface area contributed by atoms with E-state index in [1.807, 2.05) is 0 Å². The third-order valence-electron chi connectivity index (χ3n) is 5.70. The number of aromatic nitrogens is 2. The van der Waals surface area contributed by atoms with Gasteiger partial charge in [0.2, 0.25) is 5.91 Å². The Labute approximate surface area is 191 Å². The average Bonchev–Trinajstić information content (AvgIpc) is 2.98. The van der Waals surface area contributed by atoms with Gasteiger partial charge >= 0.3 is 5.69 Å². The molecule has 1 amide bonds. The Morgan fingerprint density at radius 2 is 1.85 bits per heavy atom. The molecular weight excluding hydrogens is 450 g/mol. The molecule has 0 radical (unpaired) electrons. The average molecular weight is 467 g/mol. The summed E-state index contributed by atoms with van der Waals surface area (Å²) in [6, 6.07) is 12.9. The van der Waals surface area contributed by atoms with Crippen molar-refractivity contribution in [3.05, 3.63) is 98.4 Å². The molecule has 0 fully saturated rings. The quantitative estimate of drug-likeness (QED) is 0.474. The molecule has 1 unspecified atom stereocenters. The second kappa shape index (κ2) is 7.97. The number of nitrogens with one attached hydrogen (secondary N) is 2. The van der Waals surface area contributed by atoms with Crippen LogP contribution in [0.25, 0.3) is 11.0 Å². The number of carbonyl (C=O) groups is 1. The molecule has 0 saturated carbocycles. The number of hydrogen-bond acceptors (Lipinski definition) is 3. The molecule has 5 rings (SSSR count). The molecule has 1 aliphatic rings. The van der Waals surface area contributed by atoms with Crippen LogP contribution in [-0.2, 0) is 18.3 Å². The van der Waals surface area contributed by atoms with Crippen LogP contribution in [0.1, 0.15) is 16.7 Å². The number of halogens is 3. The standard InChI is InChI=1S/C24H17ClF2N4O2/c1-31-20-9-13(6-7-18(20)29-24(31)33)21-15-10-14(25)11-17(27)22(15)30-23(32)19(28-21)8-12-4-2-3-5-16(12)26/h2-7,9-11,19H,8H2,1H3,(H,29,33)(H,30,32). The van der Waals surface area contributed by atoms with Crippen molar-refractivity contribution in [3.63, 3.8) is 0 Å². The Bertz CT molecular complexity index is 1520. The molecule has 1 aromatic heterocycles. The first-order chi connectivity index (χ1) is 15.8. The summed E-state index contributed by atoms with van der Waals surface area (Å²) in [7, 11) is 1.62. The summed E-state index contributed by atoms with van der Waals surface area (Å²) in [4.78, 5) is 32.4. The predicted molar refractivity (Wildman–Crippen MR) is 123 cm³/mol. The molecule has 0 spiro atoms. The topological polar surface area (TPSA) is 79.2 Å². The third-order valence-corrected chi connectivity index (χ3v) is 5.91. The van der Waals surface area contributed by atoms with Crippen LogP contribution in [0.15, 0.2) is 64.4 Å². The molecule has 9 heteroatoms. The minimum atomic E-state index is -1.02. The molecule has 4 aromatic rings. The zero-order valence-corrected chi connectivity index (χ0v) is 18.1. The molecule has 166 valence electrons. The lowest BCUT2D eigenvalue weighted by atomic mass is 9.99. The van der Waals surface area contributed by atoms with Crippen molar-refractivity contribution in [2.24, 2.45) is 12.0 Å². The maximum Gasteiger partial charge on any atom is 0.326 e. The monoisotopic (exact) mass is 466 g/mol. The van der Waals surface area contributed by atoms with Crippen LogP contribution in [0, 0.1) is 11.6 Å². The highest BCUT2D eigenvalue weighted by Gasteiger charge is 2.29. The second-order valence-electron chi connectivity index (χ2n) is 7.81. The fourth-order valence-electron chi connectivity index (χ4n) is 3.99. The van der Waals surface area contributed by atoms with Gasteiger partial charge in [-0.2, -0.15) is 0 Å². The van der Waals surface area contributed by atoms with E-state index in [0.717, 1.165) is 6.07 Å². The second-order valence-corrected chi connectivity index (χ2v) is 8.25. The van der Waals surface area contributed by atoms with E-state index in [9.17, 15) is 18.4 Å². The molecule has 0 saturated heterocycles. The smallest absolute Gasteiger partial charge is 0.321 e. The summed E-state index contributed by atoms with van der Waals surface area (Å²) < 4.78 is 30.6. The number of nitrogens with zero attached hydrogens (tertiary/aromatic N) is 2. The van der Waals surface area contributed by atoms with Gasteiger partial charge in [-0.25, -0.2) is 13.6 Å². The number of aryl methyl sites for hydroxylation is 1. The van der Waals surface area contributed by atoms with Gasteiger partial charge in [0.15, 0.2) is 0 Å². The Hall–Kier alpha value is -3.78. The number of benzene rings is 3. The highest BCUT2D eigenvalue weighted by atomic mass is 35.5. The minimum absolute atomic E-state index is 0.0176. The molecule has 2 heterocycles. The van der Waals surface area contributed by atoms with Crippen LogP contribution in [-0.4, -0.2) is 27.2 Å². The van der Waals surface area contributed by atoms with Crippen molar-refractivity contribution in [2.45, 2.75) is 12.5 Å². The lowest BCUT2D eigenvalue weighted by molar-refractivity contribution is -0.117. The summed E-state index contributed by atoms with van der Waals surface area (Å²) in [6.45, 7) is 0. The van der Waals surface area contributed by atoms with E-state index >= 15 is 0 Å². The lowest BCUT2D eigenvalue weighted by Gasteiger charge is -2.12. The van der Waals surface area contributed by atoms with Gasteiger partial charge in [0.05, 0.1) is 22.4 Å². The Kier molecular flexibility index (Phi) is 5.09. The Morgan fingerprint density at radius 3 is 2.64 bits per heavy atom. The summed E-state index contributed by atoms with van der Waals surface area (Å²) >= 11 is 6.13. The van der Waals surface area contributed by atoms with Crippen molar-refractivity contribution in [2.75, 3.05) is 5.32 Å². The van der Waals surface area contributed by atoms with Crippen LogP contribution in [0.3, 0.4) is 0 Å². The largest absolute Gasteiger partial charge is 0.326 e. The van der Waals surface area contributed by atoms with Crippen LogP contribution >= 0.6 is 11.6 Å². The zero-order chi connectivity index (χ0) is 23.3. The van der Waals surface area contributed by atoms with Crippen molar-refractivity contribution in [1.82, 2.24) is 9.55 Å². The molecule has 0 bridgehead atoms. The molecule has 1 aliphatic heterocycles. The van der Waals surface area contributed by atoms with Gasteiger partial charge in [0.1, 0.15) is 17.7 Å². The number of fused-ring (bicyclic) bond motifs is 2. The first-order valence-electron chi connectivity index (χ1n) is 10.1. The highest BCUT2D eigenvalue weighted by Crippen LogP contribution is 2.31. The Morgan fingerprint density at radius 1 is 1.06 bits per heavy atom. The fourth-order valence-corrected chi connectivity index (χ4v) is 4.19. The van der Waals surface area contributed by atoms with E-state index in [2.05, 4.69) is 15.3 Å². The summed E-state index contributed by atoms with van der Waals surface area (Å²) in [6.07, 6.45) is -0.0176. The number of benzodiazepines with no additional fused rings is 1. The maximum atomic E-state index is 14.8. The number of rotatable bonds is 3. The molecule has 3 aromatic carbocycles. The van der Waals surface area contributed by atoms with E-state index < -0.39 is 23.6 Å². The van der Waals surface area contributed by atoms with Gasteiger partial charge in [0.25, 0.3) is 0 Å². The number of anilines is 1. The molecule has 6 nitrogen and oxygen atoms in total. The summed E-state index contributed by atoms with van der Waals surface area (Å²) in [5, 5.41) is 2.72. The number of amides is 1. The van der Waals surface area contributed by atoms with E-state index in [-0.39, 0.29) is 22.8 Å². The van der Waals surface area contributed by atoms with Crippen LogP contribution in [0.4, 0.5) is 14.5 Å². The predicted octanol–water partition coefficient (Wildman–Crippen LogP) is 4.20. The van der Waals surface area contributed by atoms with Gasteiger partial charge in [-0.15, -0.1) is 0 Å². The van der Waals surface area contributed by atoms with E-state index in [0.29, 0.717) is 33.4 Å². The number of aromatic amines is 1. The van der Waals surface area contributed by atoms with Crippen LogP contribution in [0.2, 0.25) is 5.02 Å². The molecule has 0 aliphatic carbocycles. The van der Waals surface area contributed by atoms with Crippen molar-refractivity contribution < 1.29 is 13.6 Å². The fraction of sp³-hybridized carbons (Fsp3) is 0.125. The van der Waals surface area contributed by atoms with Crippen molar-refractivity contribution >= 4 is 39.9 Å². The van der Waals surface area contributed by atoms with Crippen molar-refractivity contribution in [3.8, 4) is 0 Å². The van der Waals surface area contributed by atoms with E-state index in [1.54, 1.807) is 43.4 Å². The lowest BCUT2D eigenvalue weighted by Crippen LogP contribution is -2.28. The van der Waals surface area contributed by atoms with Crippen molar-refractivity contribution in [1.29, 1.82) is 0 Å². The molecule has 2 N–H and O–H groups in total. The summed E-state index contributed by atoms with van der Waals surface area (Å²) in [5.74, 6) is -1.73. The number of imidazole rings is 1. The van der Waals surface area contributed by atoms with Gasteiger partial charge in [-0.3, -0.25) is 14.4 Å². The minimum Gasteiger partial charge on any atom is -0.321 e. The summed E-state index contributed by atoms with van der Waals surface area (Å²) in [5.41, 5.74) is 2.36. The number of H-pyrrole nitrogens is 1. The van der Waals surface area contributed by atoms with E-state index in [4.69, 9.17) is 11.6 Å². The first kappa shape index (κ1) is 21.1. The Balaban J connectivity index is 1.72. The third kappa shape index (κ3) is 3.72. The van der Waals surface area contributed by atoms with Gasteiger partial charge in [0, 0.05) is 29.6 Å². The molecular formula is C24H17ClF2N4O2. The highest BCUT2D eigenvalue weighted by molar-refractivity contribution is 6.32. The van der Waals surface area contributed by atoms with Crippen LogP contribution < -0.4 is 11.0 Å². The maximum absolute atomic E-state index is 14.8. The molecule has 1 atom stereocenters. The van der Waals surface area contributed by atoms with Gasteiger partial charge < -0.3 is 10.3 Å². The zero-order valence-electron chi connectivity index (χ0n) is 17.3. The van der Waals surface area contributed by atoms with E-state index in [1.165, 1.54) is 16.7 Å². The number of aliphatic imine (C=N–C) groups is 1.